The first-order valence-electron chi connectivity index (χ1n) is 7.48. The van der Waals surface area contributed by atoms with Crippen molar-refractivity contribution in [2.75, 3.05) is 14.1 Å². The zero-order valence-electron chi connectivity index (χ0n) is 13.2. The van der Waals surface area contributed by atoms with Crippen LogP contribution in [0.2, 0.25) is 0 Å². The predicted octanol–water partition coefficient (Wildman–Crippen LogP) is 2.62. The quantitative estimate of drug-likeness (QED) is 0.586. The fourth-order valence-electron chi connectivity index (χ4n) is 3.92. The van der Waals surface area contributed by atoms with E-state index < -0.39 is 0 Å². The Morgan fingerprint density at radius 2 is 1.72 bits per heavy atom. The lowest BCUT2D eigenvalue weighted by Gasteiger charge is -2.48. The molecule has 4 unspecified atom stereocenters. The summed E-state index contributed by atoms with van der Waals surface area (Å²) < 4.78 is 0. The third kappa shape index (κ3) is 3.25. The molecule has 18 heavy (non-hydrogen) atoms. The number of rotatable bonds is 5. The Morgan fingerprint density at radius 1 is 1.22 bits per heavy atom. The molecule has 1 saturated carbocycles. The summed E-state index contributed by atoms with van der Waals surface area (Å²) in [5, 5.41) is 0. The van der Waals surface area contributed by atoms with Gasteiger partial charge in [-0.15, -0.1) is 0 Å². The van der Waals surface area contributed by atoms with E-state index in [0.717, 1.165) is 18.3 Å². The Hall–Kier alpha value is -0.120. The van der Waals surface area contributed by atoms with Gasteiger partial charge in [0.1, 0.15) is 0 Å². The van der Waals surface area contributed by atoms with Crippen molar-refractivity contribution in [3.63, 3.8) is 0 Å². The minimum atomic E-state index is 0.135. The highest BCUT2D eigenvalue weighted by Gasteiger charge is 2.41. The smallest absolute Gasteiger partial charge is 0.0420 e. The lowest BCUT2D eigenvalue weighted by molar-refractivity contribution is 0.0503. The van der Waals surface area contributed by atoms with Gasteiger partial charge in [0, 0.05) is 11.6 Å². The van der Waals surface area contributed by atoms with Gasteiger partial charge in [0.25, 0.3) is 0 Å². The van der Waals surface area contributed by atoms with E-state index in [1.54, 1.807) is 0 Å². The largest absolute Gasteiger partial charge is 0.302 e. The van der Waals surface area contributed by atoms with Crippen LogP contribution in [0.1, 0.15) is 53.4 Å². The van der Waals surface area contributed by atoms with E-state index in [0.29, 0.717) is 12.0 Å². The van der Waals surface area contributed by atoms with Gasteiger partial charge < -0.3 is 4.90 Å². The first-order valence-corrected chi connectivity index (χ1v) is 7.48. The normalized spacial score (nSPS) is 34.3. The maximum atomic E-state index is 5.92. The van der Waals surface area contributed by atoms with Crippen LogP contribution in [-0.4, -0.2) is 30.6 Å². The molecule has 0 amide bonds. The van der Waals surface area contributed by atoms with Gasteiger partial charge in [-0.3, -0.25) is 11.3 Å². The van der Waals surface area contributed by atoms with Gasteiger partial charge in [0.15, 0.2) is 0 Å². The summed E-state index contributed by atoms with van der Waals surface area (Å²) in [6.07, 6.45) is 5.11. The second kappa shape index (κ2) is 6.36. The summed E-state index contributed by atoms with van der Waals surface area (Å²) in [5.74, 6) is 8.28. The second-order valence-corrected chi connectivity index (χ2v) is 6.93. The molecule has 3 N–H and O–H groups in total. The number of hydrogen-bond donors (Lipinski definition) is 2. The zero-order chi connectivity index (χ0) is 13.9. The molecule has 3 heteroatoms. The molecule has 4 atom stereocenters. The fourth-order valence-corrected chi connectivity index (χ4v) is 3.92. The van der Waals surface area contributed by atoms with E-state index in [-0.39, 0.29) is 5.54 Å². The molecule has 108 valence electrons. The van der Waals surface area contributed by atoms with Crippen LogP contribution >= 0.6 is 0 Å². The van der Waals surface area contributed by atoms with Crippen molar-refractivity contribution < 1.29 is 0 Å². The fraction of sp³-hybridized carbons (Fsp3) is 1.00. The topological polar surface area (TPSA) is 41.3 Å². The summed E-state index contributed by atoms with van der Waals surface area (Å²) >= 11 is 0. The molecule has 0 aromatic carbocycles. The van der Waals surface area contributed by atoms with E-state index in [4.69, 9.17) is 5.84 Å². The summed E-state index contributed by atoms with van der Waals surface area (Å²) in [6.45, 7) is 9.37. The van der Waals surface area contributed by atoms with Crippen LogP contribution < -0.4 is 11.3 Å². The number of nitrogens with zero attached hydrogens (tertiary/aromatic N) is 1. The molecular formula is C15H33N3. The summed E-state index contributed by atoms with van der Waals surface area (Å²) in [7, 11) is 4.34. The third-order valence-corrected chi connectivity index (χ3v) is 5.27. The summed E-state index contributed by atoms with van der Waals surface area (Å²) in [6, 6.07) is 0.377. The Labute approximate surface area is 113 Å². The summed E-state index contributed by atoms with van der Waals surface area (Å²) in [5.41, 5.74) is 3.28. The monoisotopic (exact) mass is 255 g/mol. The molecule has 1 fully saturated rings. The van der Waals surface area contributed by atoms with Crippen LogP contribution in [0.25, 0.3) is 0 Å². The second-order valence-electron chi connectivity index (χ2n) is 6.93. The molecule has 0 aromatic heterocycles. The Morgan fingerprint density at radius 3 is 2.06 bits per heavy atom. The minimum Gasteiger partial charge on any atom is -0.302 e. The van der Waals surface area contributed by atoms with Gasteiger partial charge in [0.05, 0.1) is 0 Å². The van der Waals surface area contributed by atoms with Crippen LogP contribution in [-0.2, 0) is 0 Å². The minimum absolute atomic E-state index is 0.135. The highest BCUT2D eigenvalue weighted by Crippen LogP contribution is 2.39. The van der Waals surface area contributed by atoms with E-state index >= 15 is 0 Å². The van der Waals surface area contributed by atoms with E-state index in [2.05, 4.69) is 52.1 Å². The van der Waals surface area contributed by atoms with Crippen LogP contribution in [0.3, 0.4) is 0 Å². The number of nitrogens with one attached hydrogen (secondary N) is 1. The van der Waals surface area contributed by atoms with Gasteiger partial charge in [-0.2, -0.15) is 0 Å². The van der Waals surface area contributed by atoms with Gasteiger partial charge in [-0.25, -0.2) is 0 Å². The average Bonchev–Trinajstić information content (AvgIpc) is 2.28. The number of hydrazine groups is 1. The predicted molar refractivity (Wildman–Crippen MR) is 79.2 cm³/mol. The molecule has 0 saturated heterocycles. The molecule has 1 aliphatic carbocycles. The molecule has 1 aliphatic rings. The lowest BCUT2D eigenvalue weighted by Crippen LogP contribution is -2.62. The van der Waals surface area contributed by atoms with Crippen LogP contribution in [0.15, 0.2) is 0 Å². The molecule has 3 nitrogen and oxygen atoms in total. The van der Waals surface area contributed by atoms with Crippen molar-refractivity contribution in [3.05, 3.63) is 0 Å². The van der Waals surface area contributed by atoms with E-state index in [9.17, 15) is 0 Å². The van der Waals surface area contributed by atoms with Crippen molar-refractivity contribution >= 4 is 0 Å². The highest BCUT2D eigenvalue weighted by molar-refractivity contribution is 4.98. The van der Waals surface area contributed by atoms with Gasteiger partial charge in [0.2, 0.25) is 0 Å². The molecule has 0 spiro atoms. The van der Waals surface area contributed by atoms with E-state index in [1.807, 2.05) is 0 Å². The molecule has 0 aromatic rings. The Bertz CT molecular complexity index is 244. The van der Waals surface area contributed by atoms with E-state index in [1.165, 1.54) is 19.3 Å². The van der Waals surface area contributed by atoms with Gasteiger partial charge >= 0.3 is 0 Å². The maximum Gasteiger partial charge on any atom is 0.0420 e. The Kier molecular flexibility index (Phi) is 5.63. The summed E-state index contributed by atoms with van der Waals surface area (Å²) in [4.78, 5) is 2.33. The Balaban J connectivity index is 2.87. The molecule has 0 bridgehead atoms. The lowest BCUT2D eigenvalue weighted by atomic mass is 9.68. The zero-order valence-corrected chi connectivity index (χ0v) is 13.2. The number of likely N-dealkylation sites (N-methyl/N-ethyl adjacent to an activating group) is 1. The SMILES string of the molecule is CCC(C)(C(NN)C1CC(C)CC(C)C1)N(C)C. The average molecular weight is 255 g/mol. The number of hydrogen-bond acceptors (Lipinski definition) is 3. The van der Waals surface area contributed by atoms with Crippen LogP contribution in [0.5, 0.6) is 0 Å². The molecule has 0 heterocycles. The van der Waals surface area contributed by atoms with Gasteiger partial charge in [-0.05, 0) is 64.5 Å². The van der Waals surface area contributed by atoms with Crippen molar-refractivity contribution in [2.45, 2.75) is 65.0 Å². The highest BCUT2D eigenvalue weighted by atomic mass is 15.3. The first-order chi connectivity index (χ1) is 8.35. The standard InChI is InChI=1S/C15H33N3/c1-7-15(4,18(5)6)14(17-16)13-9-11(2)8-12(3)10-13/h11-14,17H,7-10,16H2,1-6H3. The van der Waals surface area contributed by atoms with Crippen LogP contribution in [0, 0.1) is 17.8 Å². The van der Waals surface area contributed by atoms with Crippen LogP contribution in [0.4, 0.5) is 0 Å². The maximum absolute atomic E-state index is 5.92. The molecule has 0 aliphatic heterocycles. The molecule has 0 radical (unpaired) electrons. The number of nitrogens with two attached hydrogens (primary N) is 1. The van der Waals surface area contributed by atoms with Gasteiger partial charge in [-0.1, -0.05) is 20.8 Å². The van der Waals surface area contributed by atoms with Crippen molar-refractivity contribution in [1.82, 2.24) is 10.3 Å². The molecule has 1 rings (SSSR count). The van der Waals surface area contributed by atoms with Crippen molar-refractivity contribution in [1.29, 1.82) is 0 Å². The first kappa shape index (κ1) is 15.9. The van der Waals surface area contributed by atoms with Crippen molar-refractivity contribution in [2.24, 2.45) is 23.6 Å². The van der Waals surface area contributed by atoms with Crippen molar-refractivity contribution in [3.8, 4) is 0 Å². The molecular weight excluding hydrogens is 222 g/mol. The third-order valence-electron chi connectivity index (χ3n) is 5.27.